The van der Waals surface area contributed by atoms with Gasteiger partial charge in [0.1, 0.15) is 0 Å². The summed E-state index contributed by atoms with van der Waals surface area (Å²) in [7, 11) is 1.27. The van der Waals surface area contributed by atoms with Crippen LogP contribution in [-0.4, -0.2) is 30.6 Å². The van der Waals surface area contributed by atoms with Crippen LogP contribution in [0.15, 0.2) is 36.4 Å². The largest absolute Gasteiger partial charge is 0.469 e. The second kappa shape index (κ2) is 6.83. The molecule has 0 spiro atoms. The van der Waals surface area contributed by atoms with Crippen LogP contribution < -0.4 is 9.47 Å². The number of benzene rings is 2. The molecule has 1 aliphatic heterocycles. The van der Waals surface area contributed by atoms with Crippen molar-refractivity contribution in [3.63, 3.8) is 0 Å². The lowest BCUT2D eigenvalue weighted by Crippen LogP contribution is -2.15. The first-order valence-electron chi connectivity index (χ1n) is 7.73. The molecule has 0 saturated carbocycles. The van der Waals surface area contributed by atoms with Crippen molar-refractivity contribution in [1.82, 2.24) is 0 Å². The molecule has 1 atom stereocenters. The first-order chi connectivity index (χ1) is 12.4. The summed E-state index contributed by atoms with van der Waals surface area (Å²) < 4.78 is 15.4. The van der Waals surface area contributed by atoms with Gasteiger partial charge >= 0.3 is 5.97 Å². The zero-order chi connectivity index (χ0) is 18.8. The molecular formula is C18H15NO7. The maximum absolute atomic E-state index is 12.9. The third-order valence-electron chi connectivity index (χ3n) is 4.15. The highest BCUT2D eigenvalue weighted by molar-refractivity contribution is 6.11. The molecule has 0 aliphatic carbocycles. The number of nitrogens with zero attached hydrogens (tertiary/aromatic N) is 1. The Morgan fingerprint density at radius 2 is 1.77 bits per heavy atom. The number of ketones is 1. The number of ether oxygens (including phenoxy) is 3. The van der Waals surface area contributed by atoms with Crippen molar-refractivity contribution in [2.45, 2.75) is 12.8 Å². The first-order valence-corrected chi connectivity index (χ1v) is 7.73. The second-order valence-electron chi connectivity index (χ2n) is 5.67. The van der Waals surface area contributed by atoms with Crippen molar-refractivity contribution < 1.29 is 28.7 Å². The second-order valence-corrected chi connectivity index (χ2v) is 5.67. The quantitative estimate of drug-likeness (QED) is 0.351. The zero-order valence-corrected chi connectivity index (χ0v) is 14.1. The fourth-order valence-electron chi connectivity index (χ4n) is 2.71. The number of nitro groups is 1. The average Bonchev–Trinajstić information content (AvgIpc) is 3.12. The fourth-order valence-corrected chi connectivity index (χ4v) is 2.71. The molecule has 1 unspecified atom stereocenters. The normalized spacial score (nSPS) is 13.2. The molecule has 8 heteroatoms. The van der Waals surface area contributed by atoms with Gasteiger partial charge in [0.2, 0.25) is 6.79 Å². The van der Waals surface area contributed by atoms with E-state index < -0.39 is 16.8 Å². The molecule has 3 rings (SSSR count). The Morgan fingerprint density at radius 3 is 2.35 bits per heavy atom. The monoisotopic (exact) mass is 357 g/mol. The van der Waals surface area contributed by atoms with Gasteiger partial charge in [0.25, 0.3) is 5.69 Å². The van der Waals surface area contributed by atoms with E-state index in [1.807, 2.05) is 0 Å². The molecule has 1 aliphatic rings. The maximum Gasteiger partial charge on any atom is 0.312 e. The molecule has 2 aromatic carbocycles. The predicted molar refractivity (Wildman–Crippen MR) is 89.5 cm³/mol. The van der Waals surface area contributed by atoms with Crippen LogP contribution in [0.1, 0.15) is 34.3 Å². The third kappa shape index (κ3) is 3.08. The van der Waals surface area contributed by atoms with Crippen molar-refractivity contribution in [2.24, 2.45) is 0 Å². The lowest BCUT2D eigenvalue weighted by molar-refractivity contribution is -0.384. The molecule has 2 aromatic rings. The van der Waals surface area contributed by atoms with Gasteiger partial charge in [0, 0.05) is 23.3 Å². The maximum atomic E-state index is 12.9. The third-order valence-corrected chi connectivity index (χ3v) is 4.15. The van der Waals surface area contributed by atoms with Crippen LogP contribution >= 0.6 is 0 Å². The van der Waals surface area contributed by atoms with Crippen molar-refractivity contribution in [3.05, 3.63) is 63.2 Å². The van der Waals surface area contributed by atoms with Gasteiger partial charge in [-0.05, 0) is 36.8 Å². The molecule has 134 valence electrons. The summed E-state index contributed by atoms with van der Waals surface area (Å²) in [5.74, 6) is -0.746. The lowest BCUT2D eigenvalue weighted by Gasteiger charge is -2.15. The number of esters is 1. The summed E-state index contributed by atoms with van der Waals surface area (Å²) in [6, 6.07) is 8.35. The van der Waals surface area contributed by atoms with E-state index in [2.05, 4.69) is 0 Å². The SMILES string of the molecule is COC(=O)C(C)c1cc2c(cc1C(=O)c1ccc([N+](=O)[O-])cc1)OCO2. The van der Waals surface area contributed by atoms with Gasteiger partial charge in [-0.3, -0.25) is 19.7 Å². The summed E-state index contributed by atoms with van der Waals surface area (Å²) in [6.07, 6.45) is 0. The van der Waals surface area contributed by atoms with Crippen LogP contribution in [0.3, 0.4) is 0 Å². The van der Waals surface area contributed by atoms with E-state index in [0.717, 1.165) is 0 Å². The lowest BCUT2D eigenvalue weighted by atomic mass is 9.90. The predicted octanol–water partition coefficient (Wildman–Crippen LogP) is 2.83. The summed E-state index contributed by atoms with van der Waals surface area (Å²) >= 11 is 0. The molecule has 0 radical (unpaired) electrons. The highest BCUT2D eigenvalue weighted by Gasteiger charge is 2.27. The molecule has 26 heavy (non-hydrogen) atoms. The Kier molecular flexibility index (Phi) is 4.57. The first kappa shape index (κ1) is 17.4. The molecule has 0 aromatic heterocycles. The zero-order valence-electron chi connectivity index (χ0n) is 14.1. The van der Waals surface area contributed by atoms with Gasteiger partial charge in [-0.15, -0.1) is 0 Å². The van der Waals surface area contributed by atoms with Gasteiger partial charge in [0.15, 0.2) is 17.3 Å². The van der Waals surface area contributed by atoms with Crippen LogP contribution in [0.5, 0.6) is 11.5 Å². The fraction of sp³-hybridized carbons (Fsp3) is 0.222. The highest BCUT2D eigenvalue weighted by atomic mass is 16.7. The highest BCUT2D eigenvalue weighted by Crippen LogP contribution is 2.38. The number of fused-ring (bicyclic) bond motifs is 1. The minimum Gasteiger partial charge on any atom is -0.469 e. The van der Waals surface area contributed by atoms with E-state index in [0.29, 0.717) is 17.1 Å². The number of carbonyl (C=O) groups is 2. The molecule has 0 N–H and O–H groups in total. The molecular weight excluding hydrogens is 342 g/mol. The van der Waals surface area contributed by atoms with Crippen LogP contribution in [0.2, 0.25) is 0 Å². The Bertz CT molecular complexity index is 889. The number of nitro benzene ring substituents is 1. The molecule has 0 amide bonds. The van der Waals surface area contributed by atoms with E-state index in [-0.39, 0.29) is 29.4 Å². The number of rotatable bonds is 5. The van der Waals surface area contributed by atoms with E-state index >= 15 is 0 Å². The van der Waals surface area contributed by atoms with Crippen LogP contribution in [-0.2, 0) is 9.53 Å². The summed E-state index contributed by atoms with van der Waals surface area (Å²) in [5.41, 5.74) is 0.827. The Hall–Kier alpha value is -3.42. The summed E-state index contributed by atoms with van der Waals surface area (Å²) in [4.78, 5) is 35.1. The van der Waals surface area contributed by atoms with Gasteiger partial charge in [-0.1, -0.05) is 0 Å². The van der Waals surface area contributed by atoms with Crippen LogP contribution in [0, 0.1) is 10.1 Å². The van der Waals surface area contributed by atoms with Crippen LogP contribution in [0.4, 0.5) is 5.69 Å². The Morgan fingerprint density at radius 1 is 1.15 bits per heavy atom. The number of non-ortho nitro benzene ring substituents is 1. The van der Waals surface area contributed by atoms with Gasteiger partial charge in [-0.25, -0.2) is 0 Å². The number of methoxy groups -OCH3 is 1. The molecule has 0 fully saturated rings. The molecule has 1 heterocycles. The number of hydrogen-bond acceptors (Lipinski definition) is 7. The van der Waals surface area contributed by atoms with E-state index in [9.17, 15) is 19.7 Å². The van der Waals surface area contributed by atoms with Crippen LogP contribution in [0.25, 0.3) is 0 Å². The number of hydrogen-bond donors (Lipinski definition) is 0. The van der Waals surface area contributed by atoms with Gasteiger partial charge in [0.05, 0.1) is 18.0 Å². The van der Waals surface area contributed by atoms with Crippen molar-refractivity contribution in [3.8, 4) is 11.5 Å². The van der Waals surface area contributed by atoms with E-state index in [1.54, 1.807) is 13.0 Å². The Balaban J connectivity index is 2.06. The van der Waals surface area contributed by atoms with Crippen molar-refractivity contribution in [1.29, 1.82) is 0 Å². The average molecular weight is 357 g/mol. The minimum absolute atomic E-state index is 0.0244. The topological polar surface area (TPSA) is 105 Å². The Labute approximate surface area is 148 Å². The van der Waals surface area contributed by atoms with Crippen molar-refractivity contribution in [2.75, 3.05) is 13.9 Å². The van der Waals surface area contributed by atoms with E-state index in [4.69, 9.17) is 14.2 Å². The van der Waals surface area contributed by atoms with Crippen molar-refractivity contribution >= 4 is 17.4 Å². The minimum atomic E-state index is -0.702. The van der Waals surface area contributed by atoms with Gasteiger partial charge < -0.3 is 14.2 Å². The summed E-state index contributed by atoms with van der Waals surface area (Å²) in [6.45, 7) is 1.65. The number of carbonyl (C=O) groups excluding carboxylic acids is 2. The van der Waals surface area contributed by atoms with E-state index in [1.165, 1.54) is 37.4 Å². The molecule has 8 nitrogen and oxygen atoms in total. The molecule has 0 bridgehead atoms. The standard InChI is InChI=1S/C18H15NO7/c1-10(18(21)24-2)13-7-15-16(26-9-25-15)8-14(13)17(20)11-3-5-12(6-4-11)19(22)23/h3-8,10H,9H2,1-2H3. The van der Waals surface area contributed by atoms with Gasteiger partial charge in [-0.2, -0.15) is 0 Å². The summed E-state index contributed by atoms with van der Waals surface area (Å²) in [5, 5.41) is 10.8. The smallest absolute Gasteiger partial charge is 0.312 e. The molecule has 0 saturated heterocycles.